The molecule has 1 saturated heterocycles. The van der Waals surface area contributed by atoms with E-state index in [0.717, 1.165) is 5.56 Å². The minimum absolute atomic E-state index is 0.657. The fourth-order valence-electron chi connectivity index (χ4n) is 2.23. The molecule has 1 heterocycles. The fourth-order valence-corrected chi connectivity index (χ4v) is 2.23. The fraction of sp³-hybridized carbons (Fsp3) is 0.538. The Morgan fingerprint density at radius 1 is 1.20 bits per heavy atom. The topological polar surface area (TPSA) is 29.5 Å². The van der Waals surface area contributed by atoms with Crippen molar-refractivity contribution in [2.24, 2.45) is 0 Å². The van der Waals surface area contributed by atoms with Crippen molar-refractivity contribution < 1.29 is 9.84 Å². The lowest BCUT2D eigenvalue weighted by Crippen LogP contribution is -2.34. The van der Waals surface area contributed by atoms with Crippen LogP contribution in [0.15, 0.2) is 18.2 Å². The predicted molar refractivity (Wildman–Crippen MR) is 59.9 cm³/mol. The molecular weight excluding hydrogens is 188 g/mol. The first-order chi connectivity index (χ1) is 7.13. The van der Waals surface area contributed by atoms with Crippen LogP contribution in [-0.2, 0) is 10.3 Å². The van der Waals surface area contributed by atoms with E-state index in [0.29, 0.717) is 26.1 Å². The second kappa shape index (κ2) is 3.95. The average molecular weight is 206 g/mol. The number of rotatable bonds is 1. The van der Waals surface area contributed by atoms with Gasteiger partial charge in [-0.3, -0.25) is 0 Å². The van der Waals surface area contributed by atoms with Gasteiger partial charge < -0.3 is 9.84 Å². The van der Waals surface area contributed by atoms with Gasteiger partial charge in [-0.2, -0.15) is 0 Å². The van der Waals surface area contributed by atoms with Gasteiger partial charge in [0.15, 0.2) is 0 Å². The highest BCUT2D eigenvalue weighted by atomic mass is 16.5. The summed E-state index contributed by atoms with van der Waals surface area (Å²) in [6, 6.07) is 6.14. The van der Waals surface area contributed by atoms with Crippen molar-refractivity contribution in [1.29, 1.82) is 0 Å². The van der Waals surface area contributed by atoms with Crippen molar-refractivity contribution in [3.63, 3.8) is 0 Å². The Morgan fingerprint density at radius 3 is 2.53 bits per heavy atom. The molecular formula is C13H18O2. The second-order valence-electron chi connectivity index (χ2n) is 4.39. The Balaban J connectivity index is 2.39. The summed E-state index contributed by atoms with van der Waals surface area (Å²) < 4.78 is 5.30. The highest BCUT2D eigenvalue weighted by Crippen LogP contribution is 2.34. The van der Waals surface area contributed by atoms with Crippen LogP contribution in [-0.4, -0.2) is 18.3 Å². The first kappa shape index (κ1) is 10.7. The van der Waals surface area contributed by atoms with Gasteiger partial charge in [-0.1, -0.05) is 18.2 Å². The predicted octanol–water partition coefficient (Wildman–Crippen LogP) is 2.30. The summed E-state index contributed by atoms with van der Waals surface area (Å²) >= 11 is 0. The lowest BCUT2D eigenvalue weighted by atomic mass is 9.83. The van der Waals surface area contributed by atoms with Crippen LogP contribution < -0.4 is 0 Å². The Morgan fingerprint density at radius 2 is 1.87 bits per heavy atom. The summed E-state index contributed by atoms with van der Waals surface area (Å²) in [4.78, 5) is 0. The molecule has 0 aliphatic carbocycles. The van der Waals surface area contributed by atoms with Crippen LogP contribution in [0.3, 0.4) is 0 Å². The van der Waals surface area contributed by atoms with E-state index in [1.165, 1.54) is 11.1 Å². The third-order valence-corrected chi connectivity index (χ3v) is 3.43. The molecule has 1 aliphatic rings. The van der Waals surface area contributed by atoms with Crippen molar-refractivity contribution >= 4 is 0 Å². The molecule has 0 unspecified atom stereocenters. The smallest absolute Gasteiger partial charge is 0.0943 e. The van der Waals surface area contributed by atoms with Crippen molar-refractivity contribution in [2.75, 3.05) is 13.2 Å². The zero-order valence-corrected chi connectivity index (χ0v) is 9.42. The van der Waals surface area contributed by atoms with Gasteiger partial charge in [0.05, 0.1) is 5.60 Å². The SMILES string of the molecule is Cc1cccc(C2(O)CCOCC2)c1C. The Hall–Kier alpha value is -0.860. The Labute approximate surface area is 90.9 Å². The maximum Gasteiger partial charge on any atom is 0.0943 e. The molecule has 2 rings (SSSR count). The minimum atomic E-state index is -0.672. The van der Waals surface area contributed by atoms with E-state index in [1.54, 1.807) is 0 Å². The average Bonchev–Trinajstić information content (AvgIpc) is 2.23. The first-order valence-corrected chi connectivity index (χ1v) is 5.50. The molecule has 0 saturated carbocycles. The molecule has 82 valence electrons. The van der Waals surface area contributed by atoms with Gasteiger partial charge in [0, 0.05) is 26.1 Å². The van der Waals surface area contributed by atoms with Gasteiger partial charge in [-0.05, 0) is 30.5 Å². The molecule has 0 radical (unpaired) electrons. The van der Waals surface area contributed by atoms with E-state index in [1.807, 2.05) is 12.1 Å². The van der Waals surface area contributed by atoms with Gasteiger partial charge in [0.2, 0.25) is 0 Å². The molecule has 0 aromatic heterocycles. The van der Waals surface area contributed by atoms with Crippen LogP contribution in [0.4, 0.5) is 0 Å². The molecule has 1 N–H and O–H groups in total. The Kier molecular flexibility index (Phi) is 2.81. The van der Waals surface area contributed by atoms with E-state index in [4.69, 9.17) is 4.74 Å². The van der Waals surface area contributed by atoms with E-state index < -0.39 is 5.60 Å². The molecule has 2 heteroatoms. The zero-order valence-electron chi connectivity index (χ0n) is 9.42. The second-order valence-corrected chi connectivity index (χ2v) is 4.39. The molecule has 0 bridgehead atoms. The molecule has 1 aliphatic heterocycles. The Bertz CT molecular complexity index is 352. The van der Waals surface area contributed by atoms with Gasteiger partial charge in [0.1, 0.15) is 0 Å². The standard InChI is InChI=1S/C13H18O2/c1-10-4-3-5-12(11(10)2)13(14)6-8-15-9-7-13/h3-5,14H,6-9H2,1-2H3. The number of hydrogen-bond acceptors (Lipinski definition) is 2. The van der Waals surface area contributed by atoms with Crippen LogP contribution in [0.2, 0.25) is 0 Å². The lowest BCUT2D eigenvalue weighted by molar-refractivity contribution is -0.0682. The van der Waals surface area contributed by atoms with Crippen molar-refractivity contribution in [2.45, 2.75) is 32.3 Å². The summed E-state index contributed by atoms with van der Waals surface area (Å²) in [6.45, 7) is 5.48. The summed E-state index contributed by atoms with van der Waals surface area (Å²) in [6.07, 6.45) is 1.41. The molecule has 0 amide bonds. The van der Waals surface area contributed by atoms with Crippen LogP contribution in [0.1, 0.15) is 29.5 Å². The van der Waals surface area contributed by atoms with Crippen molar-refractivity contribution in [1.82, 2.24) is 0 Å². The van der Waals surface area contributed by atoms with Gasteiger partial charge in [-0.25, -0.2) is 0 Å². The van der Waals surface area contributed by atoms with Gasteiger partial charge in [-0.15, -0.1) is 0 Å². The highest BCUT2D eigenvalue weighted by molar-refractivity contribution is 5.37. The van der Waals surface area contributed by atoms with E-state index in [9.17, 15) is 5.11 Å². The summed E-state index contributed by atoms with van der Waals surface area (Å²) in [5, 5.41) is 10.6. The molecule has 2 nitrogen and oxygen atoms in total. The first-order valence-electron chi connectivity index (χ1n) is 5.50. The quantitative estimate of drug-likeness (QED) is 0.764. The third-order valence-electron chi connectivity index (χ3n) is 3.43. The van der Waals surface area contributed by atoms with Crippen LogP contribution in [0.5, 0.6) is 0 Å². The van der Waals surface area contributed by atoms with E-state index >= 15 is 0 Å². The third kappa shape index (κ3) is 1.92. The number of ether oxygens (including phenoxy) is 1. The van der Waals surface area contributed by atoms with Crippen LogP contribution >= 0.6 is 0 Å². The summed E-state index contributed by atoms with van der Waals surface area (Å²) in [7, 11) is 0. The van der Waals surface area contributed by atoms with Crippen LogP contribution in [0.25, 0.3) is 0 Å². The largest absolute Gasteiger partial charge is 0.385 e. The van der Waals surface area contributed by atoms with Crippen molar-refractivity contribution in [3.05, 3.63) is 34.9 Å². The number of benzene rings is 1. The van der Waals surface area contributed by atoms with Crippen LogP contribution in [0, 0.1) is 13.8 Å². The molecule has 0 spiro atoms. The lowest BCUT2D eigenvalue weighted by Gasteiger charge is -2.34. The highest BCUT2D eigenvalue weighted by Gasteiger charge is 2.32. The number of hydrogen-bond donors (Lipinski definition) is 1. The maximum absolute atomic E-state index is 10.6. The molecule has 1 aromatic carbocycles. The van der Waals surface area contributed by atoms with E-state index in [-0.39, 0.29) is 0 Å². The van der Waals surface area contributed by atoms with Crippen molar-refractivity contribution in [3.8, 4) is 0 Å². The zero-order chi connectivity index (χ0) is 10.9. The van der Waals surface area contributed by atoms with E-state index in [2.05, 4.69) is 19.9 Å². The monoisotopic (exact) mass is 206 g/mol. The molecule has 15 heavy (non-hydrogen) atoms. The molecule has 1 fully saturated rings. The van der Waals surface area contributed by atoms with Gasteiger partial charge in [0.25, 0.3) is 0 Å². The van der Waals surface area contributed by atoms with Gasteiger partial charge >= 0.3 is 0 Å². The molecule has 1 aromatic rings. The molecule has 0 atom stereocenters. The number of aryl methyl sites for hydroxylation is 1. The summed E-state index contributed by atoms with van der Waals surface area (Å²) in [5.74, 6) is 0. The minimum Gasteiger partial charge on any atom is -0.385 e. The maximum atomic E-state index is 10.6. The normalized spacial score (nSPS) is 20.2. The summed E-state index contributed by atoms with van der Waals surface area (Å²) in [5.41, 5.74) is 2.86. The number of aliphatic hydroxyl groups is 1.